The predicted molar refractivity (Wildman–Crippen MR) is 68.8 cm³/mol. The summed E-state index contributed by atoms with van der Waals surface area (Å²) in [7, 11) is 0. The molecule has 1 aromatic rings. The fraction of sp³-hybridized carbons (Fsp3) is 0.500. The van der Waals surface area contributed by atoms with E-state index in [2.05, 4.69) is 24.8 Å². The van der Waals surface area contributed by atoms with Gasteiger partial charge in [0.15, 0.2) is 0 Å². The van der Waals surface area contributed by atoms with Gasteiger partial charge in [0.25, 0.3) is 0 Å². The van der Waals surface area contributed by atoms with Gasteiger partial charge in [0.05, 0.1) is 5.92 Å². The van der Waals surface area contributed by atoms with Crippen molar-refractivity contribution in [2.75, 3.05) is 18.0 Å². The number of benzene rings is 1. The molecule has 3 heteroatoms. The molecule has 1 N–H and O–H groups in total. The number of para-hydroxylation sites is 1. The van der Waals surface area contributed by atoms with Crippen LogP contribution in [0.25, 0.3) is 0 Å². The Balaban J connectivity index is 2.52. The average Bonchev–Trinajstić information content (AvgIpc) is 2.65. The molecule has 17 heavy (non-hydrogen) atoms. The van der Waals surface area contributed by atoms with Gasteiger partial charge >= 0.3 is 5.97 Å². The number of carbonyl (C=O) groups is 1. The van der Waals surface area contributed by atoms with Crippen LogP contribution in [0.3, 0.4) is 0 Å². The van der Waals surface area contributed by atoms with Gasteiger partial charge in [0.1, 0.15) is 0 Å². The van der Waals surface area contributed by atoms with Crippen molar-refractivity contribution < 1.29 is 9.90 Å². The largest absolute Gasteiger partial charge is 0.481 e. The molecule has 92 valence electrons. The second kappa shape index (κ2) is 4.40. The van der Waals surface area contributed by atoms with E-state index in [-0.39, 0.29) is 0 Å². The zero-order chi connectivity index (χ0) is 12.6. The minimum Gasteiger partial charge on any atom is -0.481 e. The second-order valence-corrected chi connectivity index (χ2v) is 4.78. The van der Waals surface area contributed by atoms with Gasteiger partial charge in [0, 0.05) is 24.7 Å². The van der Waals surface area contributed by atoms with Gasteiger partial charge in [-0.1, -0.05) is 25.1 Å². The molecule has 0 aromatic heterocycles. The summed E-state index contributed by atoms with van der Waals surface area (Å²) in [6, 6.07) is 6.04. The van der Waals surface area contributed by atoms with E-state index < -0.39 is 11.9 Å². The fourth-order valence-electron chi connectivity index (χ4n) is 2.63. The third kappa shape index (κ3) is 1.90. The molecule has 0 radical (unpaired) electrons. The van der Waals surface area contributed by atoms with Gasteiger partial charge in [-0.3, -0.25) is 4.79 Å². The van der Waals surface area contributed by atoms with Crippen LogP contribution >= 0.6 is 0 Å². The molecule has 2 rings (SSSR count). The van der Waals surface area contributed by atoms with Crippen molar-refractivity contribution in [1.29, 1.82) is 0 Å². The van der Waals surface area contributed by atoms with E-state index in [9.17, 15) is 9.90 Å². The quantitative estimate of drug-likeness (QED) is 0.872. The number of likely N-dealkylation sites (N-methyl/N-ethyl adjacent to an activating group) is 1. The predicted octanol–water partition coefficient (Wildman–Crippen LogP) is 2.82. The molecular formula is C14H19NO2. The third-order valence-corrected chi connectivity index (χ3v) is 3.66. The second-order valence-electron chi connectivity index (χ2n) is 4.78. The van der Waals surface area contributed by atoms with Gasteiger partial charge in [-0.15, -0.1) is 0 Å². The van der Waals surface area contributed by atoms with E-state index >= 15 is 0 Å². The number of nitrogens with zero attached hydrogens (tertiary/aromatic N) is 1. The lowest BCUT2D eigenvalue weighted by atomic mass is 9.94. The summed E-state index contributed by atoms with van der Waals surface area (Å²) in [5.41, 5.74) is 3.39. The number of fused-ring (bicyclic) bond motifs is 1. The maximum atomic E-state index is 11.2. The Hall–Kier alpha value is -1.51. The molecule has 0 amide bonds. The van der Waals surface area contributed by atoms with Gasteiger partial charge in [-0.25, -0.2) is 0 Å². The first-order valence-electron chi connectivity index (χ1n) is 6.16. The number of rotatable bonds is 3. The SMILES string of the molecule is CCN1CC(C)c2cccc(C(C)C(=O)O)c21. The summed E-state index contributed by atoms with van der Waals surface area (Å²) < 4.78 is 0. The van der Waals surface area contributed by atoms with E-state index in [0.29, 0.717) is 5.92 Å². The summed E-state index contributed by atoms with van der Waals surface area (Å²) in [6.45, 7) is 8.00. The molecular weight excluding hydrogens is 214 g/mol. The Morgan fingerprint density at radius 3 is 2.88 bits per heavy atom. The molecule has 1 aromatic carbocycles. The van der Waals surface area contributed by atoms with Crippen molar-refractivity contribution in [3.05, 3.63) is 29.3 Å². The van der Waals surface area contributed by atoms with Crippen molar-refractivity contribution in [2.45, 2.75) is 32.6 Å². The van der Waals surface area contributed by atoms with E-state index in [1.807, 2.05) is 12.1 Å². The molecule has 0 bridgehead atoms. The highest BCUT2D eigenvalue weighted by atomic mass is 16.4. The normalized spacial score (nSPS) is 20.2. The molecule has 1 heterocycles. The van der Waals surface area contributed by atoms with Gasteiger partial charge in [-0.2, -0.15) is 0 Å². The Bertz CT molecular complexity index is 442. The standard InChI is InChI=1S/C14H19NO2/c1-4-15-8-9(2)11-6-5-7-12(13(11)15)10(3)14(16)17/h5-7,9-10H,4,8H2,1-3H3,(H,16,17). The molecule has 0 spiro atoms. The topological polar surface area (TPSA) is 40.5 Å². The summed E-state index contributed by atoms with van der Waals surface area (Å²) in [4.78, 5) is 13.4. The van der Waals surface area contributed by atoms with Crippen LogP contribution in [0, 0.1) is 0 Å². The molecule has 3 nitrogen and oxygen atoms in total. The average molecular weight is 233 g/mol. The van der Waals surface area contributed by atoms with E-state index in [0.717, 1.165) is 24.3 Å². The molecule has 1 aliphatic rings. The van der Waals surface area contributed by atoms with E-state index in [4.69, 9.17) is 0 Å². The maximum absolute atomic E-state index is 11.2. The highest BCUT2D eigenvalue weighted by molar-refractivity contribution is 5.80. The molecule has 2 atom stereocenters. The Morgan fingerprint density at radius 1 is 1.59 bits per heavy atom. The zero-order valence-corrected chi connectivity index (χ0v) is 10.6. The highest BCUT2D eigenvalue weighted by Crippen LogP contribution is 2.41. The minimum atomic E-state index is -0.756. The van der Waals surface area contributed by atoms with Crippen molar-refractivity contribution >= 4 is 11.7 Å². The van der Waals surface area contributed by atoms with Crippen LogP contribution in [-0.2, 0) is 4.79 Å². The van der Waals surface area contributed by atoms with Crippen molar-refractivity contribution in [1.82, 2.24) is 0 Å². The van der Waals surface area contributed by atoms with Crippen LogP contribution in [0.5, 0.6) is 0 Å². The molecule has 2 unspecified atom stereocenters. The van der Waals surface area contributed by atoms with Crippen LogP contribution in [0.1, 0.15) is 43.7 Å². The van der Waals surface area contributed by atoms with Crippen LogP contribution in [0.4, 0.5) is 5.69 Å². The van der Waals surface area contributed by atoms with Gasteiger partial charge in [-0.05, 0) is 25.0 Å². The van der Waals surface area contributed by atoms with Crippen LogP contribution in [0.15, 0.2) is 18.2 Å². The lowest BCUT2D eigenvalue weighted by Gasteiger charge is -2.22. The van der Waals surface area contributed by atoms with Gasteiger partial charge in [0.2, 0.25) is 0 Å². The first kappa shape index (κ1) is 12.0. The summed E-state index contributed by atoms with van der Waals surface area (Å²) in [6.07, 6.45) is 0. The molecule has 0 saturated carbocycles. The van der Waals surface area contributed by atoms with Crippen LogP contribution in [0.2, 0.25) is 0 Å². The van der Waals surface area contributed by atoms with Crippen LogP contribution < -0.4 is 4.90 Å². The maximum Gasteiger partial charge on any atom is 0.310 e. The Labute approximate surface area is 102 Å². The van der Waals surface area contributed by atoms with E-state index in [1.165, 1.54) is 5.56 Å². The smallest absolute Gasteiger partial charge is 0.310 e. The highest BCUT2D eigenvalue weighted by Gasteiger charge is 2.29. The van der Waals surface area contributed by atoms with E-state index in [1.54, 1.807) is 6.92 Å². The zero-order valence-electron chi connectivity index (χ0n) is 10.6. The molecule has 0 saturated heterocycles. The Kier molecular flexibility index (Phi) is 3.09. The number of hydrogen-bond donors (Lipinski definition) is 1. The number of carboxylic acids is 1. The van der Waals surface area contributed by atoms with Crippen LogP contribution in [-0.4, -0.2) is 24.2 Å². The summed E-state index contributed by atoms with van der Waals surface area (Å²) in [5.74, 6) is -0.704. The fourth-order valence-corrected chi connectivity index (χ4v) is 2.63. The minimum absolute atomic E-state index is 0.440. The Morgan fingerprint density at radius 2 is 2.29 bits per heavy atom. The molecule has 0 aliphatic carbocycles. The molecule has 0 fully saturated rings. The number of hydrogen-bond acceptors (Lipinski definition) is 2. The lowest BCUT2D eigenvalue weighted by Crippen LogP contribution is -2.22. The first-order chi connectivity index (χ1) is 8.06. The van der Waals surface area contributed by atoms with Crippen molar-refractivity contribution in [2.24, 2.45) is 0 Å². The summed E-state index contributed by atoms with van der Waals surface area (Å²) in [5, 5.41) is 9.17. The third-order valence-electron chi connectivity index (χ3n) is 3.66. The molecule has 1 aliphatic heterocycles. The monoisotopic (exact) mass is 233 g/mol. The number of aliphatic carboxylic acids is 1. The summed E-state index contributed by atoms with van der Waals surface area (Å²) >= 11 is 0. The number of carboxylic acid groups (broad SMARTS) is 1. The number of anilines is 1. The first-order valence-corrected chi connectivity index (χ1v) is 6.16. The van der Waals surface area contributed by atoms with Gasteiger partial charge < -0.3 is 10.0 Å². The lowest BCUT2D eigenvalue weighted by molar-refractivity contribution is -0.138. The van der Waals surface area contributed by atoms with Crippen molar-refractivity contribution in [3.63, 3.8) is 0 Å². The van der Waals surface area contributed by atoms with Crippen molar-refractivity contribution in [3.8, 4) is 0 Å².